The standard InChI is InChI=1S/C13H14BrN3O/c1-7-6-9(14)4-5-10(7)12-16-13(18-17-12)11(15)8-2-3-8/h4-6,8,11H,2-3,15H2,1H3. The number of halogens is 1. The van der Waals surface area contributed by atoms with Crippen LogP contribution in [0.3, 0.4) is 0 Å². The number of hydrogen-bond acceptors (Lipinski definition) is 4. The molecule has 1 saturated carbocycles. The lowest BCUT2D eigenvalue weighted by Gasteiger charge is -2.02. The molecule has 5 heteroatoms. The maximum Gasteiger partial charge on any atom is 0.244 e. The Morgan fingerprint density at radius 2 is 2.22 bits per heavy atom. The van der Waals surface area contributed by atoms with Crippen molar-refractivity contribution in [2.45, 2.75) is 25.8 Å². The smallest absolute Gasteiger partial charge is 0.244 e. The second-order valence-corrected chi connectivity index (χ2v) is 5.69. The first kappa shape index (κ1) is 11.9. The molecule has 2 aromatic rings. The van der Waals surface area contributed by atoms with E-state index in [9.17, 15) is 0 Å². The van der Waals surface area contributed by atoms with E-state index >= 15 is 0 Å². The summed E-state index contributed by atoms with van der Waals surface area (Å²) in [4.78, 5) is 4.41. The molecular weight excluding hydrogens is 294 g/mol. The summed E-state index contributed by atoms with van der Waals surface area (Å²) in [5.74, 6) is 1.69. The molecule has 1 fully saturated rings. The van der Waals surface area contributed by atoms with Gasteiger partial charge in [-0.15, -0.1) is 0 Å². The summed E-state index contributed by atoms with van der Waals surface area (Å²) in [6.07, 6.45) is 2.33. The van der Waals surface area contributed by atoms with Gasteiger partial charge in [0.15, 0.2) is 0 Å². The van der Waals surface area contributed by atoms with Gasteiger partial charge in [0.1, 0.15) is 0 Å². The number of hydrogen-bond donors (Lipinski definition) is 1. The van der Waals surface area contributed by atoms with Crippen molar-refractivity contribution < 1.29 is 4.52 Å². The van der Waals surface area contributed by atoms with E-state index in [0.29, 0.717) is 17.6 Å². The van der Waals surface area contributed by atoms with Crippen LogP contribution in [0.15, 0.2) is 27.2 Å². The van der Waals surface area contributed by atoms with E-state index in [0.717, 1.165) is 28.4 Å². The van der Waals surface area contributed by atoms with Gasteiger partial charge in [-0.2, -0.15) is 4.98 Å². The first-order chi connectivity index (χ1) is 8.65. The zero-order valence-corrected chi connectivity index (χ0v) is 11.6. The molecule has 0 bridgehead atoms. The summed E-state index contributed by atoms with van der Waals surface area (Å²) >= 11 is 3.44. The number of nitrogens with two attached hydrogens (primary N) is 1. The van der Waals surface area contributed by atoms with E-state index < -0.39 is 0 Å². The maximum absolute atomic E-state index is 6.05. The summed E-state index contributed by atoms with van der Waals surface area (Å²) in [7, 11) is 0. The van der Waals surface area contributed by atoms with Crippen LogP contribution in [0, 0.1) is 12.8 Å². The van der Waals surface area contributed by atoms with Crippen molar-refractivity contribution in [2.24, 2.45) is 11.7 Å². The Morgan fingerprint density at radius 3 is 2.89 bits per heavy atom. The molecule has 94 valence electrons. The van der Waals surface area contributed by atoms with E-state index in [-0.39, 0.29) is 6.04 Å². The van der Waals surface area contributed by atoms with Crippen LogP contribution in [-0.4, -0.2) is 10.1 Å². The van der Waals surface area contributed by atoms with Crippen molar-refractivity contribution >= 4 is 15.9 Å². The molecule has 1 heterocycles. The molecule has 1 aliphatic rings. The molecule has 0 aliphatic heterocycles. The predicted octanol–water partition coefficient (Wildman–Crippen LogP) is 3.22. The Balaban J connectivity index is 1.92. The maximum atomic E-state index is 6.05. The highest BCUT2D eigenvalue weighted by Gasteiger charge is 2.33. The van der Waals surface area contributed by atoms with Crippen molar-refractivity contribution in [3.8, 4) is 11.4 Å². The van der Waals surface area contributed by atoms with Crippen LogP contribution in [0.4, 0.5) is 0 Å². The molecule has 1 unspecified atom stereocenters. The number of rotatable bonds is 3. The average molecular weight is 308 g/mol. The van der Waals surface area contributed by atoms with E-state index in [2.05, 4.69) is 26.1 Å². The fraction of sp³-hybridized carbons (Fsp3) is 0.385. The Labute approximate surface area is 114 Å². The molecule has 0 radical (unpaired) electrons. The van der Waals surface area contributed by atoms with Crippen molar-refractivity contribution in [1.29, 1.82) is 0 Å². The van der Waals surface area contributed by atoms with Gasteiger partial charge in [-0.3, -0.25) is 0 Å². The number of benzene rings is 1. The van der Waals surface area contributed by atoms with Crippen LogP contribution in [0.25, 0.3) is 11.4 Å². The lowest BCUT2D eigenvalue weighted by Crippen LogP contribution is -2.12. The zero-order valence-electron chi connectivity index (χ0n) is 10.1. The molecule has 1 aromatic carbocycles. The fourth-order valence-electron chi connectivity index (χ4n) is 2.01. The lowest BCUT2D eigenvalue weighted by molar-refractivity contribution is 0.343. The second kappa shape index (κ2) is 4.48. The third kappa shape index (κ3) is 2.20. The molecule has 18 heavy (non-hydrogen) atoms. The number of nitrogens with zero attached hydrogens (tertiary/aromatic N) is 2. The van der Waals surface area contributed by atoms with Crippen molar-refractivity contribution in [3.63, 3.8) is 0 Å². The molecule has 2 N–H and O–H groups in total. The van der Waals surface area contributed by atoms with Crippen molar-refractivity contribution in [3.05, 3.63) is 34.1 Å². The Morgan fingerprint density at radius 1 is 1.44 bits per heavy atom. The highest BCUT2D eigenvalue weighted by atomic mass is 79.9. The molecule has 0 saturated heterocycles. The molecule has 4 nitrogen and oxygen atoms in total. The fourth-order valence-corrected chi connectivity index (χ4v) is 2.49. The van der Waals surface area contributed by atoms with Crippen LogP contribution in [-0.2, 0) is 0 Å². The first-order valence-corrected chi connectivity index (χ1v) is 6.80. The van der Waals surface area contributed by atoms with E-state index in [4.69, 9.17) is 10.3 Å². The minimum atomic E-state index is -0.109. The monoisotopic (exact) mass is 307 g/mol. The van der Waals surface area contributed by atoms with Gasteiger partial charge in [0, 0.05) is 10.0 Å². The summed E-state index contributed by atoms with van der Waals surface area (Å²) in [5.41, 5.74) is 8.14. The molecule has 1 aromatic heterocycles. The van der Waals surface area contributed by atoms with Gasteiger partial charge in [0.2, 0.25) is 11.7 Å². The minimum absolute atomic E-state index is 0.109. The van der Waals surface area contributed by atoms with Gasteiger partial charge in [-0.25, -0.2) is 0 Å². The third-order valence-electron chi connectivity index (χ3n) is 3.29. The summed E-state index contributed by atoms with van der Waals surface area (Å²) in [6, 6.07) is 5.88. The van der Waals surface area contributed by atoms with Crippen LogP contribution in [0.5, 0.6) is 0 Å². The van der Waals surface area contributed by atoms with Crippen molar-refractivity contribution in [1.82, 2.24) is 10.1 Å². The highest BCUT2D eigenvalue weighted by Crippen LogP contribution is 2.39. The Kier molecular flexibility index (Phi) is 2.95. The summed E-state index contributed by atoms with van der Waals surface area (Å²) in [6.45, 7) is 2.02. The highest BCUT2D eigenvalue weighted by molar-refractivity contribution is 9.10. The van der Waals surface area contributed by atoms with Gasteiger partial charge >= 0.3 is 0 Å². The quantitative estimate of drug-likeness (QED) is 0.945. The normalized spacial score (nSPS) is 16.8. The van der Waals surface area contributed by atoms with Gasteiger partial charge < -0.3 is 10.3 Å². The largest absolute Gasteiger partial charge is 0.337 e. The number of aromatic nitrogens is 2. The van der Waals surface area contributed by atoms with Crippen LogP contribution in [0.2, 0.25) is 0 Å². The first-order valence-electron chi connectivity index (χ1n) is 6.01. The minimum Gasteiger partial charge on any atom is -0.337 e. The molecule has 3 rings (SSSR count). The SMILES string of the molecule is Cc1cc(Br)ccc1-c1noc(C(N)C2CC2)n1. The topological polar surface area (TPSA) is 64.9 Å². The lowest BCUT2D eigenvalue weighted by atomic mass is 10.1. The molecule has 0 amide bonds. The predicted molar refractivity (Wildman–Crippen MR) is 71.8 cm³/mol. The van der Waals surface area contributed by atoms with E-state index in [1.54, 1.807) is 0 Å². The zero-order chi connectivity index (χ0) is 12.7. The van der Waals surface area contributed by atoms with Crippen LogP contribution < -0.4 is 5.73 Å². The number of aryl methyl sites for hydroxylation is 1. The van der Waals surface area contributed by atoms with E-state index in [1.807, 2.05) is 25.1 Å². The molecule has 0 spiro atoms. The van der Waals surface area contributed by atoms with Crippen LogP contribution >= 0.6 is 15.9 Å². The Bertz CT molecular complexity index is 577. The summed E-state index contributed by atoms with van der Waals surface area (Å²) in [5, 5.41) is 4.03. The molecule has 1 atom stereocenters. The third-order valence-corrected chi connectivity index (χ3v) is 3.78. The van der Waals surface area contributed by atoms with Gasteiger partial charge in [0.25, 0.3) is 0 Å². The van der Waals surface area contributed by atoms with Gasteiger partial charge in [0.05, 0.1) is 6.04 Å². The average Bonchev–Trinajstić information content (AvgIpc) is 3.07. The van der Waals surface area contributed by atoms with Gasteiger partial charge in [-0.05, 0) is 49.4 Å². The molecular formula is C13H14BrN3O. The van der Waals surface area contributed by atoms with Crippen LogP contribution in [0.1, 0.15) is 30.3 Å². The van der Waals surface area contributed by atoms with Crippen molar-refractivity contribution in [2.75, 3.05) is 0 Å². The molecule has 1 aliphatic carbocycles. The Hall–Kier alpha value is -1.20. The van der Waals surface area contributed by atoms with Gasteiger partial charge in [-0.1, -0.05) is 21.1 Å². The summed E-state index contributed by atoms with van der Waals surface area (Å²) < 4.78 is 6.31. The second-order valence-electron chi connectivity index (χ2n) is 4.78. The van der Waals surface area contributed by atoms with E-state index in [1.165, 1.54) is 0 Å².